The van der Waals surface area contributed by atoms with Crippen molar-refractivity contribution < 1.29 is 14.7 Å². The Morgan fingerprint density at radius 2 is 2.20 bits per heavy atom. The lowest BCUT2D eigenvalue weighted by atomic mass is 9.97. The number of anilines is 1. The standard InChI is InChI=1S/C15H16N2O3/c1-8(2)15-9-6-12(18)16-10-4-3-5-11(14(9)10)17(15)7-13(19)20/h3-5,8H,6-7H2,1-2H3,(H,16,18)(H,19,20)/p-1. The number of rotatable bonds is 3. The highest BCUT2D eigenvalue weighted by molar-refractivity contribution is 6.09. The molecular weight excluding hydrogens is 256 g/mol. The monoisotopic (exact) mass is 271 g/mol. The first-order chi connectivity index (χ1) is 9.49. The number of aliphatic carboxylic acids is 1. The van der Waals surface area contributed by atoms with Crippen molar-refractivity contribution in [2.75, 3.05) is 5.32 Å². The molecule has 0 fully saturated rings. The summed E-state index contributed by atoms with van der Waals surface area (Å²) < 4.78 is 1.76. The van der Waals surface area contributed by atoms with E-state index >= 15 is 0 Å². The number of aromatic nitrogens is 1. The van der Waals surface area contributed by atoms with Crippen LogP contribution in [0.25, 0.3) is 10.9 Å². The van der Waals surface area contributed by atoms with Crippen molar-refractivity contribution in [3.05, 3.63) is 29.5 Å². The third-order valence-corrected chi connectivity index (χ3v) is 3.68. The van der Waals surface area contributed by atoms with Crippen molar-refractivity contribution in [3.8, 4) is 0 Å². The quantitative estimate of drug-likeness (QED) is 0.905. The number of carbonyl (C=O) groups excluding carboxylic acids is 2. The maximum Gasteiger partial charge on any atom is 0.228 e. The molecular formula is C15H15N2O3-. The van der Waals surface area contributed by atoms with Gasteiger partial charge >= 0.3 is 0 Å². The molecule has 3 rings (SSSR count). The van der Waals surface area contributed by atoms with Crippen LogP contribution in [0.2, 0.25) is 0 Å². The van der Waals surface area contributed by atoms with E-state index in [1.165, 1.54) is 0 Å². The Balaban J connectivity index is 2.38. The van der Waals surface area contributed by atoms with Crippen LogP contribution in [-0.4, -0.2) is 16.4 Å². The molecule has 0 radical (unpaired) electrons. The first kappa shape index (κ1) is 12.7. The number of nitrogens with one attached hydrogen (secondary N) is 1. The minimum atomic E-state index is -1.13. The van der Waals surface area contributed by atoms with Crippen LogP contribution in [0, 0.1) is 0 Å². The van der Waals surface area contributed by atoms with E-state index in [-0.39, 0.29) is 18.4 Å². The summed E-state index contributed by atoms with van der Waals surface area (Å²) in [5, 5.41) is 14.8. The van der Waals surface area contributed by atoms with E-state index < -0.39 is 5.97 Å². The third kappa shape index (κ3) is 1.78. The van der Waals surface area contributed by atoms with Crippen molar-refractivity contribution in [3.63, 3.8) is 0 Å². The average Bonchev–Trinajstić information content (AvgIpc) is 2.64. The highest BCUT2D eigenvalue weighted by Gasteiger charge is 2.26. The highest BCUT2D eigenvalue weighted by Crippen LogP contribution is 2.38. The molecule has 0 saturated carbocycles. The number of benzene rings is 1. The van der Waals surface area contributed by atoms with Crippen molar-refractivity contribution in [2.24, 2.45) is 0 Å². The molecule has 1 aliphatic heterocycles. The van der Waals surface area contributed by atoms with Crippen molar-refractivity contribution in [2.45, 2.75) is 32.7 Å². The summed E-state index contributed by atoms with van der Waals surface area (Å²) in [7, 11) is 0. The molecule has 1 aromatic carbocycles. The summed E-state index contributed by atoms with van der Waals surface area (Å²) in [5.74, 6) is -1.05. The van der Waals surface area contributed by atoms with E-state index in [0.717, 1.165) is 27.8 Å². The second kappa shape index (κ2) is 4.37. The van der Waals surface area contributed by atoms with E-state index in [9.17, 15) is 14.7 Å². The van der Waals surface area contributed by atoms with E-state index in [2.05, 4.69) is 5.32 Å². The van der Waals surface area contributed by atoms with Gasteiger partial charge in [0.25, 0.3) is 0 Å². The zero-order valence-corrected chi connectivity index (χ0v) is 11.4. The largest absolute Gasteiger partial charge is 0.548 e. The molecule has 0 saturated heterocycles. The lowest BCUT2D eigenvalue weighted by molar-refractivity contribution is -0.306. The van der Waals surface area contributed by atoms with Crippen molar-refractivity contribution in [1.29, 1.82) is 0 Å². The Labute approximate surface area is 116 Å². The summed E-state index contributed by atoms with van der Waals surface area (Å²) in [6.07, 6.45) is 0.293. The third-order valence-electron chi connectivity index (χ3n) is 3.68. The molecule has 5 nitrogen and oxygen atoms in total. The lowest BCUT2D eigenvalue weighted by Crippen LogP contribution is -2.28. The Bertz CT molecular complexity index is 728. The molecule has 20 heavy (non-hydrogen) atoms. The normalized spacial score (nSPS) is 13.8. The van der Waals surface area contributed by atoms with E-state index in [0.29, 0.717) is 6.42 Å². The molecule has 1 amide bonds. The number of amides is 1. The van der Waals surface area contributed by atoms with Gasteiger partial charge in [0, 0.05) is 11.1 Å². The van der Waals surface area contributed by atoms with Gasteiger partial charge in [0.2, 0.25) is 5.91 Å². The van der Waals surface area contributed by atoms with Gasteiger partial charge in [-0.15, -0.1) is 0 Å². The number of carbonyl (C=O) groups is 2. The second-order valence-corrected chi connectivity index (χ2v) is 5.40. The summed E-state index contributed by atoms with van der Waals surface area (Å²) in [5.41, 5.74) is 3.44. The number of nitrogens with zero attached hydrogens (tertiary/aromatic N) is 1. The van der Waals surface area contributed by atoms with Crippen LogP contribution in [0.4, 0.5) is 5.69 Å². The van der Waals surface area contributed by atoms with Gasteiger partial charge in [0.15, 0.2) is 0 Å². The minimum absolute atomic E-state index is 0.0573. The van der Waals surface area contributed by atoms with Gasteiger partial charge in [-0.3, -0.25) is 4.79 Å². The van der Waals surface area contributed by atoms with Crippen LogP contribution >= 0.6 is 0 Å². The Hall–Kier alpha value is -2.30. The second-order valence-electron chi connectivity index (χ2n) is 5.40. The Kier molecular flexibility index (Phi) is 2.78. The number of carboxylic acids is 1. The van der Waals surface area contributed by atoms with Gasteiger partial charge in [0.05, 0.1) is 30.1 Å². The maximum absolute atomic E-state index is 11.8. The van der Waals surface area contributed by atoms with Crippen LogP contribution in [0.3, 0.4) is 0 Å². The van der Waals surface area contributed by atoms with E-state index in [4.69, 9.17) is 0 Å². The number of hydrogen-bond donors (Lipinski definition) is 1. The zero-order valence-electron chi connectivity index (χ0n) is 11.4. The van der Waals surface area contributed by atoms with E-state index in [1.807, 2.05) is 32.0 Å². The van der Waals surface area contributed by atoms with Gasteiger partial charge < -0.3 is 19.8 Å². The summed E-state index contributed by atoms with van der Waals surface area (Å²) >= 11 is 0. The fourth-order valence-electron chi connectivity index (χ4n) is 3.10. The summed E-state index contributed by atoms with van der Waals surface area (Å²) in [4.78, 5) is 22.9. The lowest BCUT2D eigenvalue weighted by Gasteiger charge is -2.16. The van der Waals surface area contributed by atoms with E-state index in [1.54, 1.807) is 4.57 Å². The molecule has 0 aliphatic carbocycles. The van der Waals surface area contributed by atoms with Crippen LogP contribution in [0.5, 0.6) is 0 Å². The highest BCUT2D eigenvalue weighted by atomic mass is 16.4. The van der Waals surface area contributed by atoms with Crippen molar-refractivity contribution >= 4 is 28.5 Å². The van der Waals surface area contributed by atoms with Crippen LogP contribution in [0.1, 0.15) is 31.0 Å². The minimum Gasteiger partial charge on any atom is -0.548 e. The van der Waals surface area contributed by atoms with Crippen LogP contribution in [-0.2, 0) is 22.6 Å². The molecule has 1 aliphatic rings. The van der Waals surface area contributed by atoms with Gasteiger partial charge in [-0.25, -0.2) is 0 Å². The predicted octanol–water partition coefficient (Wildman–Crippen LogP) is 1.01. The topological polar surface area (TPSA) is 74.2 Å². The molecule has 0 atom stereocenters. The molecule has 0 bridgehead atoms. The first-order valence-electron chi connectivity index (χ1n) is 6.62. The molecule has 0 unspecified atom stereocenters. The first-order valence-corrected chi connectivity index (χ1v) is 6.62. The molecule has 0 spiro atoms. The molecule has 1 aromatic heterocycles. The smallest absolute Gasteiger partial charge is 0.228 e. The fraction of sp³-hybridized carbons (Fsp3) is 0.333. The van der Waals surface area contributed by atoms with Gasteiger partial charge in [0.1, 0.15) is 0 Å². The van der Waals surface area contributed by atoms with Gasteiger partial charge in [-0.2, -0.15) is 0 Å². The summed E-state index contributed by atoms with van der Waals surface area (Å²) in [6, 6.07) is 5.55. The van der Waals surface area contributed by atoms with Crippen LogP contribution < -0.4 is 10.4 Å². The number of carboxylic acid groups (broad SMARTS) is 1. The van der Waals surface area contributed by atoms with Crippen LogP contribution in [0.15, 0.2) is 18.2 Å². The molecule has 104 valence electrons. The molecule has 2 heterocycles. The SMILES string of the molecule is CC(C)c1c2c3c(cccc3n1CC(=O)[O-])NC(=O)C2. The molecule has 1 N–H and O–H groups in total. The summed E-state index contributed by atoms with van der Waals surface area (Å²) in [6.45, 7) is 3.81. The average molecular weight is 271 g/mol. The molecule has 5 heteroatoms. The predicted molar refractivity (Wildman–Crippen MR) is 73.4 cm³/mol. The molecule has 2 aromatic rings. The Morgan fingerprint density at radius 3 is 2.85 bits per heavy atom. The zero-order chi connectivity index (χ0) is 14.4. The Morgan fingerprint density at radius 1 is 1.45 bits per heavy atom. The maximum atomic E-state index is 11.8. The fourth-order valence-corrected chi connectivity index (χ4v) is 3.10. The van der Waals surface area contributed by atoms with Gasteiger partial charge in [-0.05, 0) is 23.6 Å². The van der Waals surface area contributed by atoms with Crippen molar-refractivity contribution in [1.82, 2.24) is 4.57 Å². The van der Waals surface area contributed by atoms with Gasteiger partial charge in [-0.1, -0.05) is 19.9 Å². The number of hydrogen-bond acceptors (Lipinski definition) is 3.